The van der Waals surface area contributed by atoms with Crippen LogP contribution in [0.3, 0.4) is 0 Å². The average molecular weight is 453 g/mol. The molecule has 0 bridgehead atoms. The van der Waals surface area contributed by atoms with Crippen LogP contribution >= 0.6 is 23.4 Å². The van der Waals surface area contributed by atoms with Crippen molar-refractivity contribution in [3.63, 3.8) is 0 Å². The van der Waals surface area contributed by atoms with Gasteiger partial charge in [-0.3, -0.25) is 9.59 Å². The van der Waals surface area contributed by atoms with Gasteiger partial charge in [0.1, 0.15) is 0 Å². The second-order valence-corrected chi connectivity index (χ2v) is 9.22. The van der Waals surface area contributed by atoms with Crippen LogP contribution in [0.5, 0.6) is 0 Å². The molecule has 0 spiro atoms. The molecular formula is C25H25ClN2O2S. The molecule has 0 saturated carbocycles. The molecule has 0 saturated heterocycles. The van der Waals surface area contributed by atoms with Crippen LogP contribution in [0.15, 0.2) is 71.6 Å². The van der Waals surface area contributed by atoms with Gasteiger partial charge in [-0.25, -0.2) is 0 Å². The van der Waals surface area contributed by atoms with Gasteiger partial charge in [0, 0.05) is 21.3 Å². The maximum Gasteiger partial charge on any atom is 0.237 e. The summed E-state index contributed by atoms with van der Waals surface area (Å²) in [4.78, 5) is 25.8. The van der Waals surface area contributed by atoms with Gasteiger partial charge in [0.25, 0.3) is 0 Å². The third-order valence-corrected chi connectivity index (χ3v) is 6.32. The fourth-order valence-electron chi connectivity index (χ4n) is 2.99. The van der Waals surface area contributed by atoms with Gasteiger partial charge in [0.15, 0.2) is 0 Å². The fourth-order valence-corrected chi connectivity index (χ4v) is 3.98. The van der Waals surface area contributed by atoms with Gasteiger partial charge in [-0.15, -0.1) is 11.8 Å². The number of halogens is 1. The normalized spacial score (nSPS) is 11.6. The van der Waals surface area contributed by atoms with Gasteiger partial charge >= 0.3 is 0 Å². The van der Waals surface area contributed by atoms with E-state index in [0.29, 0.717) is 5.02 Å². The molecule has 0 aliphatic carbocycles. The van der Waals surface area contributed by atoms with E-state index in [9.17, 15) is 9.59 Å². The third kappa shape index (κ3) is 6.61. The molecule has 0 aromatic heterocycles. The molecular weight excluding hydrogens is 428 g/mol. The number of carbonyl (C=O) groups excluding carboxylic acids is 2. The topological polar surface area (TPSA) is 58.2 Å². The largest absolute Gasteiger partial charge is 0.326 e. The molecule has 0 aliphatic rings. The molecule has 0 aliphatic heterocycles. The summed E-state index contributed by atoms with van der Waals surface area (Å²) in [5.41, 5.74) is 4.68. The number of amides is 2. The molecule has 3 aromatic rings. The first kappa shape index (κ1) is 22.9. The Bertz CT molecular complexity index is 1070. The molecule has 2 amide bonds. The third-order valence-electron chi connectivity index (χ3n) is 4.96. The van der Waals surface area contributed by atoms with E-state index < -0.39 is 0 Å². The fraction of sp³-hybridized carbons (Fsp3) is 0.200. The Balaban J connectivity index is 1.53. The van der Waals surface area contributed by atoms with E-state index in [-0.39, 0.29) is 23.5 Å². The van der Waals surface area contributed by atoms with Crippen LogP contribution in [-0.4, -0.2) is 17.1 Å². The van der Waals surface area contributed by atoms with Crippen molar-refractivity contribution in [2.24, 2.45) is 0 Å². The SMILES string of the molecule is Cc1cccc(NC(=O)C(C)Sc2ccc(NC(=O)Cc3ccc(Cl)cc3)cc2)c1C. The van der Waals surface area contributed by atoms with E-state index in [1.165, 1.54) is 11.8 Å². The first-order chi connectivity index (χ1) is 14.8. The summed E-state index contributed by atoms with van der Waals surface area (Å²) in [5, 5.41) is 6.29. The lowest BCUT2D eigenvalue weighted by molar-refractivity contribution is -0.116. The van der Waals surface area contributed by atoms with Crippen LogP contribution in [-0.2, 0) is 16.0 Å². The number of benzene rings is 3. The molecule has 2 N–H and O–H groups in total. The van der Waals surface area contributed by atoms with E-state index >= 15 is 0 Å². The first-order valence-corrected chi connectivity index (χ1v) is 11.3. The quantitative estimate of drug-likeness (QED) is 0.416. The molecule has 160 valence electrons. The highest BCUT2D eigenvalue weighted by Gasteiger charge is 2.16. The molecule has 3 aromatic carbocycles. The smallest absolute Gasteiger partial charge is 0.237 e. The molecule has 6 heteroatoms. The molecule has 1 atom stereocenters. The minimum Gasteiger partial charge on any atom is -0.326 e. The van der Waals surface area contributed by atoms with Crippen molar-refractivity contribution >= 4 is 46.6 Å². The van der Waals surface area contributed by atoms with Crippen molar-refractivity contribution in [2.75, 3.05) is 10.6 Å². The highest BCUT2D eigenvalue weighted by Crippen LogP contribution is 2.26. The van der Waals surface area contributed by atoms with Crippen molar-refractivity contribution in [1.82, 2.24) is 0 Å². The number of hydrogen-bond acceptors (Lipinski definition) is 3. The van der Waals surface area contributed by atoms with E-state index in [1.807, 2.05) is 75.4 Å². The summed E-state index contributed by atoms with van der Waals surface area (Å²) >= 11 is 7.35. The molecule has 31 heavy (non-hydrogen) atoms. The van der Waals surface area contributed by atoms with Gasteiger partial charge in [-0.05, 0) is 79.9 Å². The zero-order valence-corrected chi connectivity index (χ0v) is 19.3. The number of aryl methyl sites for hydroxylation is 1. The predicted molar refractivity (Wildman–Crippen MR) is 130 cm³/mol. The lowest BCUT2D eigenvalue weighted by Crippen LogP contribution is -2.22. The maximum absolute atomic E-state index is 12.6. The minimum atomic E-state index is -0.259. The Morgan fingerprint density at radius 3 is 2.29 bits per heavy atom. The van der Waals surface area contributed by atoms with Gasteiger partial charge in [-0.1, -0.05) is 35.9 Å². The van der Waals surface area contributed by atoms with Gasteiger partial charge in [0.2, 0.25) is 11.8 Å². The van der Waals surface area contributed by atoms with Crippen LogP contribution in [0.2, 0.25) is 5.02 Å². The lowest BCUT2D eigenvalue weighted by Gasteiger charge is -2.15. The average Bonchev–Trinajstić information content (AvgIpc) is 2.74. The lowest BCUT2D eigenvalue weighted by atomic mass is 10.1. The minimum absolute atomic E-state index is 0.0426. The maximum atomic E-state index is 12.6. The number of carbonyl (C=O) groups is 2. The Morgan fingerprint density at radius 2 is 1.61 bits per heavy atom. The Morgan fingerprint density at radius 1 is 0.935 bits per heavy atom. The Kier molecular flexibility index (Phi) is 7.77. The Labute approximate surface area is 192 Å². The second-order valence-electron chi connectivity index (χ2n) is 7.37. The number of hydrogen-bond donors (Lipinski definition) is 2. The zero-order chi connectivity index (χ0) is 22.4. The monoisotopic (exact) mass is 452 g/mol. The van der Waals surface area contributed by atoms with Crippen molar-refractivity contribution in [3.05, 3.63) is 88.4 Å². The van der Waals surface area contributed by atoms with Crippen molar-refractivity contribution in [3.8, 4) is 0 Å². The molecule has 3 rings (SSSR count). The summed E-state index contributed by atoms with van der Waals surface area (Å²) in [7, 11) is 0. The summed E-state index contributed by atoms with van der Waals surface area (Å²) in [6.07, 6.45) is 0.281. The number of anilines is 2. The Hall–Kier alpha value is -2.76. The molecule has 4 nitrogen and oxygen atoms in total. The van der Waals surface area contributed by atoms with E-state index in [1.54, 1.807) is 12.1 Å². The first-order valence-electron chi connectivity index (χ1n) is 10.00. The zero-order valence-electron chi connectivity index (χ0n) is 17.7. The van der Waals surface area contributed by atoms with Crippen LogP contribution in [0.1, 0.15) is 23.6 Å². The van der Waals surface area contributed by atoms with Crippen LogP contribution in [0, 0.1) is 13.8 Å². The number of nitrogens with one attached hydrogen (secondary N) is 2. The van der Waals surface area contributed by atoms with Gasteiger partial charge < -0.3 is 10.6 Å². The van der Waals surface area contributed by atoms with E-state index in [4.69, 9.17) is 11.6 Å². The van der Waals surface area contributed by atoms with Gasteiger partial charge in [-0.2, -0.15) is 0 Å². The molecule has 1 unspecified atom stereocenters. The van der Waals surface area contributed by atoms with Crippen LogP contribution in [0.25, 0.3) is 0 Å². The summed E-state index contributed by atoms with van der Waals surface area (Å²) < 4.78 is 0. The summed E-state index contributed by atoms with van der Waals surface area (Å²) in [6.45, 7) is 5.91. The molecule has 0 heterocycles. The van der Waals surface area contributed by atoms with Crippen molar-refractivity contribution in [2.45, 2.75) is 37.3 Å². The highest BCUT2D eigenvalue weighted by molar-refractivity contribution is 8.00. The molecule has 0 radical (unpaired) electrons. The summed E-state index contributed by atoms with van der Waals surface area (Å²) in [6, 6.07) is 20.6. The standard InChI is InChI=1S/C25H25ClN2O2S/c1-16-5-4-6-23(17(16)2)28-25(30)18(3)31-22-13-11-21(12-14-22)27-24(29)15-19-7-9-20(26)10-8-19/h4-14,18H,15H2,1-3H3,(H,27,29)(H,28,30). The summed E-state index contributed by atoms with van der Waals surface area (Å²) in [5.74, 6) is -0.136. The molecule has 0 fully saturated rings. The number of thioether (sulfide) groups is 1. The van der Waals surface area contributed by atoms with Crippen molar-refractivity contribution in [1.29, 1.82) is 0 Å². The van der Waals surface area contributed by atoms with Crippen molar-refractivity contribution < 1.29 is 9.59 Å². The van der Waals surface area contributed by atoms with E-state index in [0.717, 1.165) is 33.0 Å². The van der Waals surface area contributed by atoms with E-state index in [2.05, 4.69) is 10.6 Å². The second kappa shape index (κ2) is 10.5. The number of rotatable bonds is 7. The van der Waals surface area contributed by atoms with Crippen LogP contribution in [0.4, 0.5) is 11.4 Å². The predicted octanol–water partition coefficient (Wildman–Crippen LogP) is 6.26. The van der Waals surface area contributed by atoms with Crippen LogP contribution < -0.4 is 10.6 Å². The highest BCUT2D eigenvalue weighted by atomic mass is 35.5. The van der Waals surface area contributed by atoms with Gasteiger partial charge in [0.05, 0.1) is 11.7 Å².